The van der Waals surface area contributed by atoms with Gasteiger partial charge in [-0.1, -0.05) is 127 Å². The highest BCUT2D eigenvalue weighted by Gasteiger charge is 2.41. The maximum absolute atomic E-state index is 13.1. The molecule has 0 bridgehead atoms. The fraction of sp³-hybridized carbons (Fsp3) is 0.588. The van der Waals surface area contributed by atoms with Crippen LogP contribution in [0.1, 0.15) is 113 Å². The number of carbonyl (C=O) groups excluding carboxylic acids is 1. The zero-order chi connectivity index (χ0) is 27.9. The molecule has 2 N–H and O–H groups in total. The molecule has 2 aromatic rings. The molecule has 1 aliphatic heterocycles. The second-order valence-electron chi connectivity index (χ2n) is 11.3. The van der Waals surface area contributed by atoms with Gasteiger partial charge in [0, 0.05) is 17.5 Å². The second kappa shape index (κ2) is 16.6. The normalized spacial score (nSPS) is 17.4. The minimum atomic E-state index is -0.995. The van der Waals surface area contributed by atoms with Gasteiger partial charge >= 0.3 is 5.97 Å². The zero-order valence-corrected chi connectivity index (χ0v) is 24.5. The van der Waals surface area contributed by atoms with Gasteiger partial charge in [0.25, 0.3) is 0 Å². The van der Waals surface area contributed by atoms with Crippen molar-refractivity contribution in [1.82, 2.24) is 5.48 Å². The highest BCUT2D eigenvalue weighted by Crippen LogP contribution is 2.41. The van der Waals surface area contributed by atoms with Crippen LogP contribution >= 0.6 is 0 Å². The molecule has 0 spiro atoms. The summed E-state index contributed by atoms with van der Waals surface area (Å²) in [6, 6.07) is 15.8. The molecular weight excluding hydrogens is 484 g/mol. The molecule has 0 saturated carbocycles. The molecule has 0 amide bonds. The lowest BCUT2D eigenvalue weighted by Gasteiger charge is -2.40. The van der Waals surface area contributed by atoms with E-state index in [-0.39, 0.29) is 5.41 Å². The summed E-state index contributed by atoms with van der Waals surface area (Å²) in [6.07, 6.45) is 15.2. The Kier molecular flexibility index (Phi) is 13.2. The van der Waals surface area contributed by atoms with Gasteiger partial charge in [0.1, 0.15) is 0 Å². The van der Waals surface area contributed by atoms with Crippen LogP contribution in [0.5, 0.6) is 0 Å². The number of nitrogens with one attached hydrogen (secondary N) is 1. The lowest BCUT2D eigenvalue weighted by atomic mass is 9.67. The van der Waals surface area contributed by atoms with Crippen LogP contribution in [0.25, 0.3) is 0 Å². The van der Waals surface area contributed by atoms with Gasteiger partial charge in [-0.05, 0) is 42.9 Å². The van der Waals surface area contributed by atoms with Crippen molar-refractivity contribution in [3.05, 3.63) is 70.8 Å². The predicted molar refractivity (Wildman–Crippen MR) is 161 cm³/mol. The Bertz CT molecular complexity index is 1040. The van der Waals surface area contributed by atoms with E-state index in [9.17, 15) is 10.0 Å². The highest BCUT2D eigenvalue weighted by molar-refractivity contribution is 6.16. The number of fused-ring (bicyclic) bond motifs is 1. The highest BCUT2D eigenvalue weighted by atomic mass is 16.5. The topological polar surface area (TPSA) is 70.9 Å². The number of unbranched alkanes of at least 4 members (excludes halogenated alkanes) is 9. The molecule has 0 aliphatic carbocycles. The average molecular weight is 535 g/mol. The van der Waals surface area contributed by atoms with Gasteiger partial charge < -0.3 is 9.94 Å². The maximum Gasteiger partial charge on any atom is 0.331 e. The van der Waals surface area contributed by atoms with Crippen LogP contribution in [0.4, 0.5) is 0 Å². The summed E-state index contributed by atoms with van der Waals surface area (Å²) in [7, 11) is 0. The Balaban J connectivity index is 1.62. The standard InChI is InChI=1S/C34H50N2O3/c1-4-6-7-8-9-10-11-12-13-17-24-39-33(37)32(36-38)31-29-22-18-19-27(3)30(29)34(23-5-2,26-35-31)25-28-20-15-14-16-21-28/h14-16,18-22,32,36,38H,4-13,17,23-26H2,1-3H3. The summed E-state index contributed by atoms with van der Waals surface area (Å²) >= 11 is 0. The van der Waals surface area contributed by atoms with Crippen LogP contribution in [0.3, 0.4) is 0 Å². The second-order valence-corrected chi connectivity index (χ2v) is 11.3. The Morgan fingerprint density at radius 3 is 2.23 bits per heavy atom. The first kappa shape index (κ1) is 31.0. The van der Waals surface area contributed by atoms with Crippen LogP contribution in [0.2, 0.25) is 0 Å². The SMILES string of the molecule is CCCCCCCCCCCCOC(=O)C(NO)C1=NCC(CCC)(Cc2ccccc2)c2c(C)cccc21. The Morgan fingerprint density at radius 1 is 0.923 bits per heavy atom. The van der Waals surface area contributed by atoms with Crippen LogP contribution in [-0.2, 0) is 21.4 Å². The quantitative estimate of drug-likeness (QED) is 0.116. The fourth-order valence-corrected chi connectivity index (χ4v) is 6.21. The summed E-state index contributed by atoms with van der Waals surface area (Å²) in [4.78, 5) is 18.1. The zero-order valence-electron chi connectivity index (χ0n) is 24.5. The molecule has 1 aliphatic rings. The molecule has 39 heavy (non-hydrogen) atoms. The van der Waals surface area contributed by atoms with Gasteiger partial charge in [-0.15, -0.1) is 0 Å². The lowest BCUT2D eigenvalue weighted by molar-refractivity contribution is -0.146. The number of rotatable bonds is 18. The van der Waals surface area contributed by atoms with E-state index in [0.29, 0.717) is 18.9 Å². The molecule has 214 valence electrons. The van der Waals surface area contributed by atoms with Crippen molar-refractivity contribution in [2.45, 2.75) is 116 Å². The van der Waals surface area contributed by atoms with Gasteiger partial charge in [-0.2, -0.15) is 5.48 Å². The van der Waals surface area contributed by atoms with E-state index in [4.69, 9.17) is 9.73 Å². The molecule has 1 heterocycles. The number of hydrogen-bond acceptors (Lipinski definition) is 5. The number of carbonyl (C=O) groups is 1. The first-order valence-corrected chi connectivity index (χ1v) is 15.3. The molecule has 0 aromatic heterocycles. The van der Waals surface area contributed by atoms with Crippen LogP contribution in [-0.4, -0.2) is 36.1 Å². The van der Waals surface area contributed by atoms with Crippen LogP contribution in [0.15, 0.2) is 53.5 Å². The summed E-state index contributed by atoms with van der Waals surface area (Å²) in [5.41, 5.74) is 7.30. The number of ether oxygens (including phenoxy) is 1. The van der Waals surface area contributed by atoms with E-state index in [1.807, 2.05) is 18.2 Å². The molecule has 0 fully saturated rings. The number of benzene rings is 2. The van der Waals surface area contributed by atoms with Gasteiger partial charge in [0.2, 0.25) is 0 Å². The Morgan fingerprint density at radius 2 is 1.59 bits per heavy atom. The summed E-state index contributed by atoms with van der Waals surface area (Å²) < 4.78 is 5.62. The number of hydrogen-bond donors (Lipinski definition) is 2. The smallest absolute Gasteiger partial charge is 0.331 e. The lowest BCUT2D eigenvalue weighted by Crippen LogP contribution is -2.48. The number of aryl methyl sites for hydroxylation is 1. The largest absolute Gasteiger partial charge is 0.464 e. The molecular formula is C34H50N2O3. The van der Waals surface area contributed by atoms with Crippen molar-refractivity contribution in [3.8, 4) is 0 Å². The maximum atomic E-state index is 13.1. The molecule has 3 rings (SSSR count). The van der Waals surface area contributed by atoms with Crippen molar-refractivity contribution in [2.24, 2.45) is 4.99 Å². The van der Waals surface area contributed by atoms with E-state index < -0.39 is 12.0 Å². The monoisotopic (exact) mass is 534 g/mol. The average Bonchev–Trinajstić information content (AvgIpc) is 2.94. The summed E-state index contributed by atoms with van der Waals surface area (Å²) in [5.74, 6) is -0.467. The predicted octanol–water partition coefficient (Wildman–Crippen LogP) is 7.89. The van der Waals surface area contributed by atoms with E-state index in [2.05, 4.69) is 56.6 Å². The third-order valence-corrected chi connectivity index (χ3v) is 8.13. The molecule has 0 saturated heterocycles. The van der Waals surface area contributed by atoms with E-state index in [0.717, 1.165) is 37.7 Å². The Labute approximate surface area is 236 Å². The van der Waals surface area contributed by atoms with E-state index in [1.165, 1.54) is 68.1 Å². The molecule has 5 heteroatoms. The summed E-state index contributed by atoms with van der Waals surface area (Å²) in [5, 5.41) is 10.1. The van der Waals surface area contributed by atoms with E-state index >= 15 is 0 Å². The number of esters is 1. The molecule has 5 nitrogen and oxygen atoms in total. The van der Waals surface area contributed by atoms with Crippen molar-refractivity contribution >= 4 is 11.7 Å². The van der Waals surface area contributed by atoms with E-state index in [1.54, 1.807) is 0 Å². The third-order valence-electron chi connectivity index (χ3n) is 8.13. The molecule has 2 atom stereocenters. The number of aliphatic imine (C=N–C) groups is 1. The van der Waals surface area contributed by atoms with Gasteiger partial charge in [0.05, 0.1) is 12.3 Å². The van der Waals surface area contributed by atoms with Crippen LogP contribution in [0, 0.1) is 6.92 Å². The number of nitrogens with zero attached hydrogens (tertiary/aromatic N) is 1. The fourth-order valence-electron chi connectivity index (χ4n) is 6.21. The molecule has 2 unspecified atom stereocenters. The van der Waals surface area contributed by atoms with Crippen LogP contribution < -0.4 is 5.48 Å². The van der Waals surface area contributed by atoms with Gasteiger partial charge in [0.15, 0.2) is 6.04 Å². The minimum absolute atomic E-state index is 0.153. The summed E-state index contributed by atoms with van der Waals surface area (Å²) in [6.45, 7) is 7.55. The van der Waals surface area contributed by atoms with Crippen molar-refractivity contribution in [1.29, 1.82) is 0 Å². The Hall–Kier alpha value is -2.50. The van der Waals surface area contributed by atoms with Crippen molar-refractivity contribution in [3.63, 3.8) is 0 Å². The van der Waals surface area contributed by atoms with Gasteiger partial charge in [-0.3, -0.25) is 4.99 Å². The minimum Gasteiger partial charge on any atom is -0.464 e. The third kappa shape index (κ3) is 8.74. The first-order valence-electron chi connectivity index (χ1n) is 15.3. The molecule has 2 aromatic carbocycles. The molecule has 0 radical (unpaired) electrons. The van der Waals surface area contributed by atoms with Crippen molar-refractivity contribution in [2.75, 3.05) is 13.2 Å². The first-order chi connectivity index (χ1) is 19.1. The van der Waals surface area contributed by atoms with Crippen molar-refractivity contribution < 1.29 is 14.7 Å². The number of hydroxylamine groups is 1. The van der Waals surface area contributed by atoms with Gasteiger partial charge in [-0.25, -0.2) is 4.79 Å².